The van der Waals surface area contributed by atoms with Crippen LogP contribution in [0.1, 0.15) is 29.6 Å². The van der Waals surface area contributed by atoms with Crippen molar-refractivity contribution in [1.82, 2.24) is 14.9 Å². The van der Waals surface area contributed by atoms with E-state index in [1.165, 1.54) is 12.4 Å². The molecule has 0 unspecified atom stereocenters. The highest BCUT2D eigenvalue weighted by atomic mass is 79.9. The maximum absolute atomic E-state index is 13.1. The van der Waals surface area contributed by atoms with Gasteiger partial charge in [0.15, 0.2) is 0 Å². The van der Waals surface area contributed by atoms with Crippen LogP contribution in [0.15, 0.2) is 52.1 Å². The molecule has 2 aromatic carbocycles. The zero-order valence-electron chi connectivity index (χ0n) is 15.0. The number of carbonyl (C=O) groups excluding carboxylic acids is 1. The summed E-state index contributed by atoms with van der Waals surface area (Å²) in [5, 5.41) is 0. The van der Waals surface area contributed by atoms with Gasteiger partial charge in [-0.15, -0.1) is 0 Å². The van der Waals surface area contributed by atoms with E-state index in [1.807, 2.05) is 0 Å². The van der Waals surface area contributed by atoms with Gasteiger partial charge in [0.05, 0.1) is 23.1 Å². The minimum atomic E-state index is -3.94. The van der Waals surface area contributed by atoms with Crippen LogP contribution in [0.2, 0.25) is 0 Å². The number of aromatic amines is 1. The first kappa shape index (κ1) is 18.9. The highest BCUT2D eigenvalue weighted by molar-refractivity contribution is 9.10. The van der Waals surface area contributed by atoms with Gasteiger partial charge >= 0.3 is 0 Å². The van der Waals surface area contributed by atoms with Gasteiger partial charge in [-0.2, -0.15) is 0 Å². The second-order valence-electron chi connectivity index (χ2n) is 6.70. The number of anilines is 1. The number of aromatic nitrogens is 2. The van der Waals surface area contributed by atoms with Gasteiger partial charge in [0.1, 0.15) is 10.4 Å². The van der Waals surface area contributed by atoms with E-state index in [9.17, 15) is 13.2 Å². The first-order chi connectivity index (χ1) is 13.5. The summed E-state index contributed by atoms with van der Waals surface area (Å²) in [6.07, 6.45) is 4.49. The third-order valence-electron chi connectivity index (χ3n) is 4.80. The molecule has 1 aromatic heterocycles. The van der Waals surface area contributed by atoms with Crippen molar-refractivity contribution in [2.75, 3.05) is 17.8 Å². The Kier molecular flexibility index (Phi) is 5.11. The molecule has 1 saturated heterocycles. The summed E-state index contributed by atoms with van der Waals surface area (Å²) in [7, 11) is -3.94. The van der Waals surface area contributed by atoms with Crippen molar-refractivity contribution in [3.05, 3.63) is 52.8 Å². The minimum Gasteiger partial charge on any atom is -0.345 e. The quantitative estimate of drug-likeness (QED) is 0.616. The van der Waals surface area contributed by atoms with Crippen LogP contribution >= 0.6 is 15.9 Å². The molecule has 1 amide bonds. The molecule has 1 fully saturated rings. The van der Waals surface area contributed by atoms with E-state index in [1.54, 1.807) is 35.2 Å². The standard InChI is InChI=1S/C19H19BrN4O3S/c20-13-7-8-14(19(25)24-9-2-1-3-10-24)16(11-13)23-28(26,27)17-6-4-5-15-18(17)22-12-21-15/h4-8,11-12,23H,1-3,9-10H2,(H,21,22). The molecular formula is C19H19BrN4O3S. The zero-order valence-corrected chi connectivity index (χ0v) is 17.4. The minimum absolute atomic E-state index is 0.0580. The summed E-state index contributed by atoms with van der Waals surface area (Å²) in [5.41, 5.74) is 1.57. The number of imidazole rings is 1. The Morgan fingerprint density at radius 3 is 2.71 bits per heavy atom. The monoisotopic (exact) mass is 462 g/mol. The molecular weight excluding hydrogens is 444 g/mol. The fraction of sp³-hybridized carbons (Fsp3) is 0.263. The van der Waals surface area contributed by atoms with Crippen LogP contribution in [0.25, 0.3) is 11.0 Å². The number of para-hydroxylation sites is 1. The summed E-state index contributed by atoms with van der Waals surface area (Å²) in [6, 6.07) is 9.90. The molecule has 4 rings (SSSR count). The maximum atomic E-state index is 13.1. The van der Waals surface area contributed by atoms with Gasteiger partial charge in [0, 0.05) is 17.6 Å². The van der Waals surface area contributed by atoms with Crippen molar-refractivity contribution >= 4 is 48.6 Å². The van der Waals surface area contributed by atoms with Gasteiger partial charge in [-0.25, -0.2) is 13.4 Å². The molecule has 2 heterocycles. The van der Waals surface area contributed by atoms with Crippen LogP contribution in [-0.2, 0) is 10.0 Å². The highest BCUT2D eigenvalue weighted by Crippen LogP contribution is 2.28. The fourth-order valence-corrected chi connectivity index (χ4v) is 5.01. The number of fused-ring (bicyclic) bond motifs is 1. The Labute approximate surface area is 171 Å². The molecule has 1 aliphatic heterocycles. The van der Waals surface area contributed by atoms with Gasteiger partial charge in [0.2, 0.25) is 0 Å². The zero-order chi connectivity index (χ0) is 19.7. The third kappa shape index (κ3) is 3.64. The number of piperidine rings is 1. The molecule has 0 bridgehead atoms. The van der Waals surface area contributed by atoms with Crippen molar-refractivity contribution in [1.29, 1.82) is 0 Å². The Morgan fingerprint density at radius 2 is 1.93 bits per heavy atom. The van der Waals surface area contributed by atoms with Gasteiger partial charge in [-0.05, 0) is 49.6 Å². The van der Waals surface area contributed by atoms with E-state index < -0.39 is 10.0 Å². The number of nitrogens with zero attached hydrogens (tertiary/aromatic N) is 2. The van der Waals surface area contributed by atoms with Crippen molar-refractivity contribution in [2.45, 2.75) is 24.2 Å². The van der Waals surface area contributed by atoms with Crippen LogP contribution in [-0.4, -0.2) is 42.3 Å². The Hall–Kier alpha value is -2.39. The SMILES string of the molecule is O=C(c1ccc(Br)cc1NS(=O)(=O)c1cccc2[nH]cnc12)N1CCCCC1. The lowest BCUT2D eigenvalue weighted by Crippen LogP contribution is -2.36. The molecule has 0 radical (unpaired) electrons. The number of nitrogens with one attached hydrogen (secondary N) is 2. The van der Waals surface area contributed by atoms with Gasteiger partial charge in [-0.3, -0.25) is 9.52 Å². The van der Waals surface area contributed by atoms with E-state index in [-0.39, 0.29) is 16.5 Å². The third-order valence-corrected chi connectivity index (χ3v) is 6.69. The van der Waals surface area contributed by atoms with E-state index in [2.05, 4.69) is 30.6 Å². The number of likely N-dealkylation sites (tertiary alicyclic amines) is 1. The van der Waals surface area contributed by atoms with Gasteiger partial charge < -0.3 is 9.88 Å². The smallest absolute Gasteiger partial charge is 0.264 e. The second-order valence-corrected chi connectivity index (χ2v) is 9.27. The van der Waals surface area contributed by atoms with Gasteiger partial charge in [0.25, 0.3) is 15.9 Å². The predicted molar refractivity (Wildman–Crippen MR) is 111 cm³/mol. The molecule has 3 aromatic rings. The molecule has 0 spiro atoms. The van der Waals surface area contributed by atoms with Crippen LogP contribution in [0.3, 0.4) is 0 Å². The van der Waals surface area contributed by atoms with Crippen molar-refractivity contribution in [3.8, 4) is 0 Å². The van der Waals surface area contributed by atoms with E-state index in [4.69, 9.17) is 0 Å². The largest absolute Gasteiger partial charge is 0.345 e. The number of sulfonamides is 1. The number of halogens is 1. The lowest BCUT2D eigenvalue weighted by molar-refractivity contribution is 0.0725. The van der Waals surface area contributed by atoms with E-state index >= 15 is 0 Å². The number of hydrogen-bond donors (Lipinski definition) is 2. The molecule has 9 heteroatoms. The Morgan fingerprint density at radius 1 is 1.14 bits per heavy atom. The highest BCUT2D eigenvalue weighted by Gasteiger charge is 2.25. The van der Waals surface area contributed by atoms with Crippen LogP contribution in [0.5, 0.6) is 0 Å². The molecule has 0 atom stereocenters. The maximum Gasteiger partial charge on any atom is 0.264 e. The van der Waals surface area contributed by atoms with Crippen LogP contribution in [0.4, 0.5) is 5.69 Å². The average Bonchev–Trinajstić information content (AvgIpc) is 3.16. The number of H-pyrrole nitrogens is 1. The Balaban J connectivity index is 1.72. The van der Waals surface area contributed by atoms with E-state index in [0.717, 1.165) is 19.3 Å². The summed E-state index contributed by atoms with van der Waals surface area (Å²) in [5.74, 6) is -0.164. The molecule has 0 aliphatic carbocycles. The number of amides is 1. The second kappa shape index (κ2) is 7.56. The summed E-state index contributed by atoms with van der Waals surface area (Å²) in [6.45, 7) is 1.38. The topological polar surface area (TPSA) is 95.2 Å². The van der Waals surface area contributed by atoms with Crippen molar-refractivity contribution in [3.63, 3.8) is 0 Å². The molecule has 1 aliphatic rings. The average molecular weight is 463 g/mol. The number of rotatable bonds is 4. The summed E-state index contributed by atoms with van der Waals surface area (Å²) in [4.78, 5) is 21.8. The first-order valence-electron chi connectivity index (χ1n) is 8.99. The molecule has 7 nitrogen and oxygen atoms in total. The number of hydrogen-bond acceptors (Lipinski definition) is 4. The molecule has 2 N–H and O–H groups in total. The van der Waals surface area contributed by atoms with Crippen LogP contribution in [0, 0.1) is 0 Å². The van der Waals surface area contributed by atoms with Crippen molar-refractivity contribution < 1.29 is 13.2 Å². The number of benzene rings is 2. The number of carbonyl (C=O) groups is 1. The van der Waals surface area contributed by atoms with Gasteiger partial charge in [-0.1, -0.05) is 22.0 Å². The Bertz CT molecular complexity index is 1140. The molecule has 146 valence electrons. The summed E-state index contributed by atoms with van der Waals surface area (Å²) >= 11 is 3.36. The van der Waals surface area contributed by atoms with Crippen LogP contribution < -0.4 is 4.72 Å². The lowest BCUT2D eigenvalue weighted by Gasteiger charge is -2.27. The molecule has 0 saturated carbocycles. The van der Waals surface area contributed by atoms with E-state index in [0.29, 0.717) is 34.2 Å². The lowest BCUT2D eigenvalue weighted by atomic mass is 10.1. The fourth-order valence-electron chi connectivity index (χ4n) is 3.41. The van der Waals surface area contributed by atoms with Crippen molar-refractivity contribution in [2.24, 2.45) is 0 Å². The molecule has 28 heavy (non-hydrogen) atoms. The summed E-state index contributed by atoms with van der Waals surface area (Å²) < 4.78 is 29.4. The normalized spacial score (nSPS) is 15.0. The predicted octanol–water partition coefficient (Wildman–Crippen LogP) is 3.75. The first-order valence-corrected chi connectivity index (χ1v) is 11.3.